The number of allylic oxidation sites excluding steroid dienone is 1. The van der Waals surface area contributed by atoms with Gasteiger partial charge in [-0.3, -0.25) is 9.79 Å². The molecule has 2 N–H and O–H groups in total. The van der Waals surface area contributed by atoms with E-state index < -0.39 is 46.2 Å². The average Bonchev–Trinajstić information content (AvgIpc) is 3.49. The van der Waals surface area contributed by atoms with E-state index in [2.05, 4.69) is 24.9 Å². The number of ether oxygens (including phenoxy) is 2. The molecule has 1 atom stereocenters. The zero-order chi connectivity index (χ0) is 36.6. The maximum Gasteiger partial charge on any atom is 0.573 e. The molecule has 1 amide bonds. The summed E-state index contributed by atoms with van der Waals surface area (Å²) in [6.07, 6.45) is -8.37. The van der Waals surface area contributed by atoms with Crippen LogP contribution in [-0.4, -0.2) is 85.6 Å². The molecule has 1 saturated heterocycles. The highest BCUT2D eigenvalue weighted by Gasteiger charge is 2.41. The number of sulfonamides is 1. The van der Waals surface area contributed by atoms with E-state index in [0.29, 0.717) is 21.2 Å². The normalized spacial score (nSPS) is 16.6. The monoisotopic (exact) mass is 740 g/mol. The lowest BCUT2D eigenvalue weighted by molar-refractivity contribution is -0.275. The predicted octanol–water partition coefficient (Wildman–Crippen LogP) is 4.35. The summed E-state index contributed by atoms with van der Waals surface area (Å²) in [6.45, 7) is 4.90. The van der Waals surface area contributed by atoms with Gasteiger partial charge in [0, 0.05) is 38.9 Å². The smallest absolute Gasteiger partial charge is 0.406 e. The van der Waals surface area contributed by atoms with Gasteiger partial charge in [0.1, 0.15) is 17.5 Å². The van der Waals surface area contributed by atoms with E-state index in [1.54, 1.807) is 11.8 Å². The van der Waals surface area contributed by atoms with Gasteiger partial charge in [-0.25, -0.2) is 13.1 Å². The van der Waals surface area contributed by atoms with Gasteiger partial charge in [0.2, 0.25) is 25.9 Å². The molecule has 1 aliphatic rings. The number of benzene rings is 2. The van der Waals surface area contributed by atoms with Crippen molar-refractivity contribution >= 4 is 38.1 Å². The first-order chi connectivity index (χ1) is 23.0. The van der Waals surface area contributed by atoms with E-state index >= 15 is 0 Å². The van der Waals surface area contributed by atoms with Crippen LogP contribution in [0.25, 0.3) is 5.70 Å². The number of nitrogens with zero attached hydrogens (tertiary/aromatic N) is 5. The molecule has 3 aromatic rings. The minimum Gasteiger partial charge on any atom is -0.406 e. The number of aromatic nitrogens is 2. The van der Waals surface area contributed by atoms with Crippen LogP contribution in [0.5, 0.6) is 11.5 Å². The maximum atomic E-state index is 13.7. The number of halogens is 6. The number of hydrogen-bond acceptors (Lipinski definition) is 10. The van der Waals surface area contributed by atoms with Gasteiger partial charge in [-0.15, -0.1) is 31.4 Å². The molecule has 49 heavy (non-hydrogen) atoms. The number of anilines is 1. The van der Waals surface area contributed by atoms with Crippen molar-refractivity contribution in [1.29, 1.82) is 0 Å². The lowest BCUT2D eigenvalue weighted by Gasteiger charge is -2.39. The van der Waals surface area contributed by atoms with E-state index in [4.69, 9.17) is 0 Å². The van der Waals surface area contributed by atoms with Gasteiger partial charge in [0.05, 0.1) is 11.5 Å². The van der Waals surface area contributed by atoms with Crippen molar-refractivity contribution < 1.29 is 54.1 Å². The number of rotatable bonds is 10. The second-order valence-corrected chi connectivity index (χ2v) is 12.7. The summed E-state index contributed by atoms with van der Waals surface area (Å²) >= 11 is 1.15. The zero-order valence-corrected chi connectivity index (χ0v) is 28.3. The minimum atomic E-state index is -4.99. The molecule has 20 heteroatoms. The molecule has 0 aliphatic carbocycles. The number of nitrogens with one attached hydrogen (secondary N) is 1. The zero-order valence-electron chi connectivity index (χ0n) is 26.6. The van der Waals surface area contributed by atoms with Crippen LogP contribution in [0.2, 0.25) is 0 Å². The molecular formula is C29H34F6N6O6S2. The maximum absolute atomic E-state index is 13.7. The van der Waals surface area contributed by atoms with E-state index in [-0.39, 0.29) is 37.7 Å². The Balaban J connectivity index is 0.00000319. The highest BCUT2D eigenvalue weighted by molar-refractivity contribution is 7.89. The SMILES string of the molecule is CC.CN=c1sc(N2CCN(S(=O)(=O)c3ccc(OC(F)(F)F)cc3)[C@@H](C(=O)NCc3ccc(OC(F)(F)F)cc3)C2)nn1/C(C)=C\CO. The Labute approximate surface area is 281 Å². The summed E-state index contributed by atoms with van der Waals surface area (Å²) in [5.74, 6) is -1.86. The second kappa shape index (κ2) is 16.5. The van der Waals surface area contributed by atoms with Gasteiger partial charge in [-0.1, -0.05) is 37.3 Å². The number of alkyl halides is 6. The highest BCUT2D eigenvalue weighted by atomic mass is 32.2. The van der Waals surface area contributed by atoms with Crippen LogP contribution in [0.3, 0.4) is 0 Å². The number of piperazine rings is 1. The number of hydrogen-bond donors (Lipinski definition) is 2. The van der Waals surface area contributed by atoms with Gasteiger partial charge >= 0.3 is 12.7 Å². The third kappa shape index (κ3) is 10.7. The summed E-state index contributed by atoms with van der Waals surface area (Å²) in [4.78, 5) is 19.5. The molecule has 270 valence electrons. The average molecular weight is 741 g/mol. The van der Waals surface area contributed by atoms with E-state index in [9.17, 15) is 44.7 Å². The fourth-order valence-corrected chi connectivity index (χ4v) is 7.01. The van der Waals surface area contributed by atoms with E-state index in [1.165, 1.54) is 29.9 Å². The quantitative estimate of drug-likeness (QED) is 0.293. The summed E-state index contributed by atoms with van der Waals surface area (Å²) < 4.78 is 113. The first-order valence-corrected chi connectivity index (χ1v) is 16.8. The number of carbonyl (C=O) groups is 1. The summed E-state index contributed by atoms with van der Waals surface area (Å²) in [5.41, 5.74) is 0.951. The van der Waals surface area contributed by atoms with E-state index in [0.717, 1.165) is 52.0 Å². The largest absolute Gasteiger partial charge is 0.573 e. The van der Waals surface area contributed by atoms with Gasteiger partial charge in [-0.05, 0) is 55.0 Å². The number of aliphatic hydroxyl groups is 1. The Bertz CT molecular complexity index is 1760. The van der Waals surface area contributed by atoms with Crippen LogP contribution in [0.4, 0.5) is 31.5 Å². The predicted molar refractivity (Wildman–Crippen MR) is 168 cm³/mol. The highest BCUT2D eigenvalue weighted by Crippen LogP contribution is 2.29. The van der Waals surface area contributed by atoms with Crippen molar-refractivity contribution in [2.45, 2.75) is 51.0 Å². The molecule has 0 bridgehead atoms. The molecule has 1 aliphatic heterocycles. The first kappa shape index (κ1) is 39.3. The van der Waals surface area contributed by atoms with Crippen LogP contribution < -0.4 is 24.5 Å². The molecule has 0 saturated carbocycles. The fourth-order valence-electron chi connectivity index (χ4n) is 4.50. The molecule has 0 spiro atoms. The molecule has 0 radical (unpaired) electrons. The van der Waals surface area contributed by atoms with Crippen LogP contribution in [0.1, 0.15) is 26.3 Å². The number of amides is 1. The summed E-state index contributed by atoms with van der Waals surface area (Å²) in [7, 11) is -2.91. The van der Waals surface area contributed by atoms with Crippen molar-refractivity contribution in [2.75, 3.05) is 38.2 Å². The third-order valence-electron chi connectivity index (χ3n) is 6.65. The van der Waals surface area contributed by atoms with Gasteiger partial charge in [-0.2, -0.15) is 4.31 Å². The van der Waals surface area contributed by atoms with Gasteiger partial charge < -0.3 is 24.8 Å². The molecule has 1 aromatic heterocycles. The van der Waals surface area contributed by atoms with Crippen LogP contribution in [0.15, 0.2) is 64.5 Å². The topological polar surface area (TPSA) is 139 Å². The van der Waals surface area contributed by atoms with Crippen molar-refractivity contribution in [3.63, 3.8) is 0 Å². The lowest BCUT2D eigenvalue weighted by atomic mass is 10.2. The molecule has 1 fully saturated rings. The fraction of sp³-hybridized carbons (Fsp3) is 0.414. The molecule has 2 heterocycles. The Morgan fingerprint density at radius 3 is 2.08 bits per heavy atom. The van der Waals surface area contributed by atoms with E-state index in [1.807, 2.05) is 13.8 Å². The third-order valence-corrected chi connectivity index (χ3v) is 9.64. The lowest BCUT2D eigenvalue weighted by Crippen LogP contribution is -2.60. The minimum absolute atomic E-state index is 0.0678. The Morgan fingerprint density at radius 2 is 1.57 bits per heavy atom. The number of aliphatic hydroxyl groups excluding tert-OH is 1. The van der Waals surface area contributed by atoms with Gasteiger partial charge in [0.15, 0.2) is 0 Å². The van der Waals surface area contributed by atoms with Crippen LogP contribution in [-0.2, 0) is 21.4 Å². The Morgan fingerprint density at radius 1 is 1.02 bits per heavy atom. The standard InChI is InChI=1S/C27H28F6N6O6S2.C2H6/c1-17(11-14-40)39-24(34-2)46-25(36-39)37-12-13-38(47(42,43)21-9-7-20(8-10-21)45-27(31,32)33)22(16-37)23(41)35-15-18-3-5-19(6-4-18)44-26(28,29)30;1-2/h3-11,22,40H,12-16H2,1-2H3,(H,35,41);1-2H3/b17-11-,34-24?;/t22-;/m1./s1. The Kier molecular flexibility index (Phi) is 13.2. The van der Waals surface area contributed by atoms with Crippen molar-refractivity contribution in [2.24, 2.45) is 4.99 Å². The molecule has 0 unspecified atom stereocenters. The molecule has 2 aromatic carbocycles. The summed E-state index contributed by atoms with van der Waals surface area (Å²) in [5, 5.41) is 16.8. The molecular weight excluding hydrogens is 706 g/mol. The number of carbonyl (C=O) groups excluding carboxylic acids is 1. The molecule has 4 rings (SSSR count). The summed E-state index contributed by atoms with van der Waals surface area (Å²) in [6, 6.07) is 6.85. The Hall–Kier alpha value is -4.14. The van der Waals surface area contributed by atoms with Crippen LogP contribution in [0, 0.1) is 0 Å². The van der Waals surface area contributed by atoms with Crippen molar-refractivity contribution in [3.8, 4) is 11.5 Å². The van der Waals surface area contributed by atoms with Gasteiger partial charge in [0.25, 0.3) is 0 Å². The van der Waals surface area contributed by atoms with Crippen LogP contribution >= 0.6 is 11.3 Å². The van der Waals surface area contributed by atoms with Crippen molar-refractivity contribution in [1.82, 2.24) is 19.4 Å². The molecule has 12 nitrogen and oxygen atoms in total. The first-order valence-electron chi connectivity index (χ1n) is 14.6. The second-order valence-electron chi connectivity index (χ2n) is 9.84. The van der Waals surface area contributed by atoms with Crippen molar-refractivity contribution in [3.05, 3.63) is 65.0 Å².